The average Bonchev–Trinajstić information content (AvgIpc) is 2.74. The van der Waals surface area contributed by atoms with Crippen molar-refractivity contribution in [3.63, 3.8) is 0 Å². The van der Waals surface area contributed by atoms with Crippen molar-refractivity contribution in [2.75, 3.05) is 19.8 Å². The predicted octanol–water partition coefficient (Wildman–Crippen LogP) is 1.58. The number of benzene rings is 1. The minimum absolute atomic E-state index is 0.157. The van der Waals surface area contributed by atoms with Crippen molar-refractivity contribution in [1.82, 2.24) is 9.55 Å². The molecule has 5 heteroatoms. The molecule has 1 aliphatic rings. The molecule has 0 saturated heterocycles. The second-order valence-corrected chi connectivity index (χ2v) is 5.57. The number of nitrogens with zero attached hydrogens (tertiary/aromatic N) is 2. The summed E-state index contributed by atoms with van der Waals surface area (Å²) in [4.78, 5) is 4.71. The number of aryl methyl sites for hydroxylation is 1. The highest BCUT2D eigenvalue weighted by molar-refractivity contribution is 5.81. The molecule has 0 spiro atoms. The normalized spacial score (nSPS) is 14.9. The van der Waals surface area contributed by atoms with Crippen molar-refractivity contribution < 1.29 is 9.47 Å². The molecular formula is C14H19N3O2. The Bertz CT molecular complexity index is 631. The molecule has 1 aromatic heterocycles. The van der Waals surface area contributed by atoms with Crippen LogP contribution < -0.4 is 15.2 Å². The Hall–Kier alpha value is -1.75. The number of nitrogens with two attached hydrogens (primary N) is 1. The number of hydrogen-bond acceptors (Lipinski definition) is 4. The van der Waals surface area contributed by atoms with Crippen LogP contribution in [0.2, 0.25) is 0 Å². The van der Waals surface area contributed by atoms with E-state index in [4.69, 9.17) is 20.2 Å². The summed E-state index contributed by atoms with van der Waals surface area (Å²) in [5.41, 5.74) is 7.65. The van der Waals surface area contributed by atoms with E-state index in [1.807, 2.05) is 19.2 Å². The minimum Gasteiger partial charge on any atom is -0.486 e. The monoisotopic (exact) mass is 261 g/mol. The molecule has 0 amide bonds. The van der Waals surface area contributed by atoms with Crippen LogP contribution in [0.15, 0.2) is 12.1 Å². The van der Waals surface area contributed by atoms with Gasteiger partial charge in [-0.25, -0.2) is 4.98 Å². The van der Waals surface area contributed by atoms with E-state index in [1.54, 1.807) is 0 Å². The molecule has 0 atom stereocenters. The van der Waals surface area contributed by atoms with Crippen LogP contribution in [-0.4, -0.2) is 29.3 Å². The minimum atomic E-state index is -0.157. The molecule has 5 nitrogen and oxygen atoms in total. The van der Waals surface area contributed by atoms with E-state index in [-0.39, 0.29) is 5.41 Å². The zero-order chi connectivity index (χ0) is 13.6. The molecule has 0 fully saturated rings. The second kappa shape index (κ2) is 4.13. The van der Waals surface area contributed by atoms with Gasteiger partial charge in [0.05, 0.1) is 11.0 Å². The van der Waals surface area contributed by atoms with Crippen LogP contribution in [0.4, 0.5) is 0 Å². The topological polar surface area (TPSA) is 62.3 Å². The zero-order valence-electron chi connectivity index (χ0n) is 11.6. The van der Waals surface area contributed by atoms with Gasteiger partial charge in [-0.3, -0.25) is 0 Å². The summed E-state index contributed by atoms with van der Waals surface area (Å²) >= 11 is 0. The molecule has 102 valence electrons. The Kier molecular flexibility index (Phi) is 2.67. The lowest BCUT2D eigenvalue weighted by molar-refractivity contribution is 0.172. The van der Waals surface area contributed by atoms with Crippen molar-refractivity contribution >= 4 is 11.0 Å². The Morgan fingerprint density at radius 2 is 1.89 bits per heavy atom. The van der Waals surface area contributed by atoms with Gasteiger partial charge in [-0.15, -0.1) is 0 Å². The summed E-state index contributed by atoms with van der Waals surface area (Å²) in [6, 6.07) is 3.94. The number of hydrogen-bond donors (Lipinski definition) is 1. The van der Waals surface area contributed by atoms with Crippen molar-refractivity contribution in [3.8, 4) is 11.5 Å². The van der Waals surface area contributed by atoms with Gasteiger partial charge in [-0.05, 0) is 0 Å². The Morgan fingerprint density at radius 1 is 1.26 bits per heavy atom. The first-order chi connectivity index (χ1) is 9.03. The zero-order valence-corrected chi connectivity index (χ0v) is 11.6. The van der Waals surface area contributed by atoms with Crippen molar-refractivity contribution in [2.24, 2.45) is 12.8 Å². The van der Waals surface area contributed by atoms with E-state index in [0.717, 1.165) is 28.4 Å². The van der Waals surface area contributed by atoms with Crippen molar-refractivity contribution in [2.45, 2.75) is 19.3 Å². The molecular weight excluding hydrogens is 242 g/mol. The quantitative estimate of drug-likeness (QED) is 0.891. The van der Waals surface area contributed by atoms with E-state index in [2.05, 4.69) is 18.4 Å². The molecule has 3 rings (SSSR count). The summed E-state index contributed by atoms with van der Waals surface area (Å²) < 4.78 is 13.3. The molecule has 0 radical (unpaired) electrons. The summed E-state index contributed by atoms with van der Waals surface area (Å²) in [7, 11) is 2.01. The third-order valence-corrected chi connectivity index (χ3v) is 3.66. The van der Waals surface area contributed by atoms with Gasteiger partial charge in [0.15, 0.2) is 11.5 Å². The van der Waals surface area contributed by atoms with Crippen molar-refractivity contribution in [3.05, 3.63) is 18.0 Å². The van der Waals surface area contributed by atoms with Gasteiger partial charge in [0, 0.05) is 31.1 Å². The molecule has 1 aromatic carbocycles. The van der Waals surface area contributed by atoms with Crippen LogP contribution in [-0.2, 0) is 12.5 Å². The highest BCUT2D eigenvalue weighted by Gasteiger charge is 2.26. The summed E-state index contributed by atoms with van der Waals surface area (Å²) in [5.74, 6) is 2.54. The van der Waals surface area contributed by atoms with Gasteiger partial charge in [0.1, 0.15) is 19.0 Å². The first-order valence-corrected chi connectivity index (χ1v) is 6.49. The lowest BCUT2D eigenvalue weighted by Gasteiger charge is -2.21. The van der Waals surface area contributed by atoms with E-state index < -0.39 is 0 Å². The SMILES string of the molecule is Cn1c(C(C)(C)CN)nc2cc3c(cc21)OCCO3. The van der Waals surface area contributed by atoms with Crippen LogP contribution in [0.25, 0.3) is 11.0 Å². The fourth-order valence-corrected chi connectivity index (χ4v) is 2.43. The molecule has 1 aliphatic heterocycles. The maximum absolute atomic E-state index is 5.85. The number of aromatic nitrogens is 2. The van der Waals surface area contributed by atoms with Gasteiger partial charge in [0.2, 0.25) is 0 Å². The van der Waals surface area contributed by atoms with E-state index >= 15 is 0 Å². The van der Waals surface area contributed by atoms with Gasteiger partial charge >= 0.3 is 0 Å². The first-order valence-electron chi connectivity index (χ1n) is 6.49. The van der Waals surface area contributed by atoms with Crippen LogP contribution in [0.5, 0.6) is 11.5 Å². The molecule has 2 heterocycles. The number of rotatable bonds is 2. The number of fused-ring (bicyclic) bond motifs is 2. The maximum atomic E-state index is 5.85. The van der Waals surface area contributed by atoms with E-state index in [0.29, 0.717) is 19.8 Å². The lowest BCUT2D eigenvalue weighted by Crippen LogP contribution is -2.31. The molecule has 0 aliphatic carbocycles. The molecule has 0 unspecified atom stereocenters. The molecule has 2 aromatic rings. The largest absolute Gasteiger partial charge is 0.486 e. The van der Waals surface area contributed by atoms with Crippen molar-refractivity contribution in [1.29, 1.82) is 0 Å². The second-order valence-electron chi connectivity index (χ2n) is 5.57. The lowest BCUT2D eigenvalue weighted by atomic mass is 9.93. The number of imidazole rings is 1. The average molecular weight is 261 g/mol. The fourth-order valence-electron chi connectivity index (χ4n) is 2.43. The summed E-state index contributed by atoms with van der Waals surface area (Å²) in [6.07, 6.45) is 0. The molecule has 19 heavy (non-hydrogen) atoms. The van der Waals surface area contributed by atoms with E-state index in [1.165, 1.54) is 0 Å². The Labute approximate surface area is 112 Å². The number of ether oxygens (including phenoxy) is 2. The summed E-state index contributed by atoms with van der Waals surface area (Å²) in [5, 5.41) is 0. The first kappa shape index (κ1) is 12.3. The summed E-state index contributed by atoms with van der Waals surface area (Å²) in [6.45, 7) is 5.93. The van der Waals surface area contributed by atoms with Gasteiger partial charge < -0.3 is 19.8 Å². The standard InChI is InChI=1S/C14H19N3O2/c1-14(2,8-15)13-16-9-6-11-12(19-5-4-18-11)7-10(9)17(13)3/h6-7H,4-5,8,15H2,1-3H3. The third kappa shape index (κ3) is 1.85. The van der Waals surface area contributed by atoms with Crippen LogP contribution in [0, 0.1) is 0 Å². The molecule has 0 bridgehead atoms. The highest BCUT2D eigenvalue weighted by Crippen LogP contribution is 2.35. The Balaban J connectivity index is 2.21. The van der Waals surface area contributed by atoms with Crippen LogP contribution in [0.1, 0.15) is 19.7 Å². The molecule has 2 N–H and O–H groups in total. The third-order valence-electron chi connectivity index (χ3n) is 3.66. The smallest absolute Gasteiger partial charge is 0.163 e. The van der Waals surface area contributed by atoms with Crippen LogP contribution in [0.3, 0.4) is 0 Å². The highest BCUT2D eigenvalue weighted by atomic mass is 16.6. The van der Waals surface area contributed by atoms with Gasteiger partial charge in [0.25, 0.3) is 0 Å². The van der Waals surface area contributed by atoms with Gasteiger partial charge in [-0.2, -0.15) is 0 Å². The molecule has 0 saturated carbocycles. The van der Waals surface area contributed by atoms with Crippen LogP contribution >= 0.6 is 0 Å². The Morgan fingerprint density at radius 3 is 2.53 bits per heavy atom. The predicted molar refractivity (Wildman–Crippen MR) is 73.8 cm³/mol. The van der Waals surface area contributed by atoms with E-state index in [9.17, 15) is 0 Å². The fraction of sp³-hybridized carbons (Fsp3) is 0.500. The maximum Gasteiger partial charge on any atom is 0.163 e. The van der Waals surface area contributed by atoms with Gasteiger partial charge in [-0.1, -0.05) is 13.8 Å².